The molecular formula is C15H13ClF3IN2O6. The van der Waals surface area contributed by atoms with E-state index in [0.717, 1.165) is 14.6 Å². The first-order valence-electron chi connectivity index (χ1n) is 7.79. The number of aliphatic hydroxyl groups excluding tert-OH is 1. The van der Waals surface area contributed by atoms with Gasteiger partial charge in [0.15, 0.2) is 6.10 Å². The highest BCUT2D eigenvalue weighted by Crippen LogP contribution is 2.30. The maximum Gasteiger partial charge on any atom is 0.490 e. The van der Waals surface area contributed by atoms with Crippen LogP contribution in [0.1, 0.15) is 0 Å². The molecule has 13 heteroatoms. The third-order valence-electron chi connectivity index (χ3n) is 3.99. The van der Waals surface area contributed by atoms with Gasteiger partial charge >= 0.3 is 12.1 Å². The lowest BCUT2D eigenvalue weighted by atomic mass is 10.1. The van der Waals surface area contributed by atoms with Crippen LogP contribution in [-0.2, 0) is 14.3 Å². The molecular weight excluding hydrogens is 524 g/mol. The summed E-state index contributed by atoms with van der Waals surface area (Å²) in [6, 6.07) is 4.12. The molecule has 154 valence electrons. The fourth-order valence-electron chi connectivity index (χ4n) is 2.73. The van der Waals surface area contributed by atoms with E-state index in [9.17, 15) is 18.3 Å². The Bertz CT molecular complexity index is 840. The second-order valence-corrected chi connectivity index (χ2v) is 7.52. The third kappa shape index (κ3) is 4.62. The van der Waals surface area contributed by atoms with Gasteiger partial charge in [-0.25, -0.2) is 4.79 Å². The van der Waals surface area contributed by atoms with Crippen LogP contribution in [0.4, 0.5) is 13.2 Å². The highest BCUT2D eigenvalue weighted by atomic mass is 127. The van der Waals surface area contributed by atoms with Crippen LogP contribution in [0.2, 0.25) is 5.02 Å². The van der Waals surface area contributed by atoms with Crippen molar-refractivity contribution in [2.45, 2.75) is 30.6 Å². The highest BCUT2D eigenvalue weighted by molar-refractivity contribution is 14.1. The molecule has 2 aromatic rings. The number of aliphatic carboxylic acids is 1. The summed E-state index contributed by atoms with van der Waals surface area (Å²) in [4.78, 5) is 16.4. The molecule has 0 saturated carbocycles. The van der Waals surface area contributed by atoms with E-state index in [-0.39, 0.29) is 24.9 Å². The van der Waals surface area contributed by atoms with E-state index >= 15 is 0 Å². The second kappa shape index (κ2) is 8.18. The molecule has 4 atom stereocenters. The van der Waals surface area contributed by atoms with Crippen LogP contribution in [0.15, 0.2) is 12.1 Å². The number of ether oxygens (including phenoxy) is 3. The van der Waals surface area contributed by atoms with Crippen LogP contribution in [-0.4, -0.2) is 70.0 Å². The monoisotopic (exact) mass is 536 g/mol. The summed E-state index contributed by atoms with van der Waals surface area (Å²) in [5.41, 5.74) is 1.61. The molecule has 3 N–H and O–H groups in total. The van der Waals surface area contributed by atoms with Crippen LogP contribution >= 0.6 is 34.2 Å². The Morgan fingerprint density at radius 3 is 2.61 bits per heavy atom. The lowest BCUT2D eigenvalue weighted by Crippen LogP contribution is -2.34. The van der Waals surface area contributed by atoms with Crippen LogP contribution in [0.5, 0.6) is 6.01 Å². The maximum atomic E-state index is 10.6. The first kappa shape index (κ1) is 21.4. The average molecular weight is 537 g/mol. The standard InChI is InChI=1S/C13H12ClIN2O4.C2HF3O2/c14-5-1-7-8(2-6(5)15)17-13(16-7)21-10-4-20-11-9(18)3-19-12(10)11;3-2(4,5)1(6)7/h1-2,9-12,18H,3-4H2,(H,16,17);(H,6,7)/t9-,10-,11-,12-;/m1./s1. The number of carbonyl (C=O) groups is 1. The summed E-state index contributed by atoms with van der Waals surface area (Å²) >= 11 is 8.25. The van der Waals surface area contributed by atoms with Gasteiger partial charge in [-0.1, -0.05) is 11.6 Å². The fourth-order valence-corrected chi connectivity index (χ4v) is 3.34. The van der Waals surface area contributed by atoms with Gasteiger partial charge in [-0.3, -0.25) is 0 Å². The molecule has 4 rings (SSSR count). The van der Waals surface area contributed by atoms with Gasteiger partial charge in [0, 0.05) is 3.57 Å². The molecule has 2 aliphatic rings. The van der Waals surface area contributed by atoms with Crippen molar-refractivity contribution in [3.63, 3.8) is 0 Å². The Balaban J connectivity index is 0.000000279. The summed E-state index contributed by atoms with van der Waals surface area (Å²) in [7, 11) is 0. The predicted molar refractivity (Wildman–Crippen MR) is 97.4 cm³/mol. The normalized spacial score (nSPS) is 26.6. The number of fused-ring (bicyclic) bond motifs is 2. The molecule has 1 aromatic carbocycles. The zero-order valence-corrected chi connectivity index (χ0v) is 16.7. The minimum atomic E-state index is -5.08. The van der Waals surface area contributed by atoms with Crippen LogP contribution in [0.3, 0.4) is 0 Å². The maximum absolute atomic E-state index is 10.6. The van der Waals surface area contributed by atoms with Gasteiger partial charge in [0.05, 0.1) is 29.3 Å². The molecule has 0 bridgehead atoms. The van der Waals surface area contributed by atoms with Gasteiger partial charge in [-0.05, 0) is 34.7 Å². The number of hydrogen-bond donors (Lipinski definition) is 3. The first-order valence-corrected chi connectivity index (χ1v) is 9.24. The van der Waals surface area contributed by atoms with Crippen LogP contribution < -0.4 is 4.74 Å². The molecule has 28 heavy (non-hydrogen) atoms. The molecule has 0 unspecified atom stereocenters. The number of H-pyrrole nitrogens is 1. The molecule has 1 aromatic heterocycles. The van der Waals surface area contributed by atoms with E-state index in [1.54, 1.807) is 0 Å². The number of carboxylic acids is 1. The summed E-state index contributed by atoms with van der Waals surface area (Å²) in [6.45, 7) is 0.658. The summed E-state index contributed by atoms with van der Waals surface area (Å²) in [5, 5.41) is 17.5. The number of aromatic amines is 1. The van der Waals surface area contributed by atoms with E-state index in [2.05, 4.69) is 32.6 Å². The SMILES string of the molecule is O=C(O)C(F)(F)F.O[C@@H]1CO[C@H]2[C@@H]1OC[C@H]2Oc1nc2cc(I)c(Cl)cc2[nH]1. The number of rotatable bonds is 2. The van der Waals surface area contributed by atoms with Gasteiger partial charge in [0.2, 0.25) is 0 Å². The Kier molecular flexibility index (Phi) is 6.24. The minimum absolute atomic E-state index is 0.253. The number of imidazole rings is 1. The molecule has 0 spiro atoms. The average Bonchev–Trinajstić information content (AvgIpc) is 3.26. The Morgan fingerprint density at radius 1 is 1.32 bits per heavy atom. The molecule has 8 nitrogen and oxygen atoms in total. The molecule has 0 amide bonds. The highest BCUT2D eigenvalue weighted by Gasteiger charge is 2.48. The number of nitrogens with zero attached hydrogens (tertiary/aromatic N) is 1. The van der Waals surface area contributed by atoms with E-state index in [4.69, 9.17) is 35.7 Å². The van der Waals surface area contributed by atoms with Gasteiger partial charge in [0.25, 0.3) is 6.01 Å². The number of alkyl halides is 3. The van der Waals surface area contributed by atoms with Crippen molar-refractivity contribution in [3.8, 4) is 6.01 Å². The predicted octanol–water partition coefficient (Wildman–Crippen LogP) is 2.36. The minimum Gasteiger partial charge on any atom is -0.475 e. The summed E-state index contributed by atoms with van der Waals surface area (Å²) in [5.74, 6) is -2.76. The van der Waals surface area contributed by atoms with Crippen molar-refractivity contribution in [1.82, 2.24) is 9.97 Å². The Hall–Kier alpha value is -1.35. The number of aliphatic hydroxyl groups is 1. The Morgan fingerprint density at radius 2 is 1.96 bits per heavy atom. The van der Waals surface area contributed by atoms with Crippen molar-refractivity contribution in [1.29, 1.82) is 0 Å². The molecule has 0 radical (unpaired) electrons. The van der Waals surface area contributed by atoms with Crippen molar-refractivity contribution in [2.24, 2.45) is 0 Å². The molecule has 3 heterocycles. The van der Waals surface area contributed by atoms with Crippen LogP contribution in [0.25, 0.3) is 11.0 Å². The van der Waals surface area contributed by atoms with Gasteiger partial charge in [-0.2, -0.15) is 18.2 Å². The van der Waals surface area contributed by atoms with Crippen molar-refractivity contribution in [2.75, 3.05) is 13.2 Å². The van der Waals surface area contributed by atoms with Crippen molar-refractivity contribution >= 4 is 51.2 Å². The lowest BCUT2D eigenvalue weighted by molar-refractivity contribution is -0.192. The number of hydrogen-bond acceptors (Lipinski definition) is 6. The number of benzene rings is 1. The quantitative estimate of drug-likeness (QED) is 0.505. The van der Waals surface area contributed by atoms with E-state index in [0.29, 0.717) is 17.6 Å². The molecule has 0 aliphatic carbocycles. The first-order chi connectivity index (χ1) is 13.1. The van der Waals surface area contributed by atoms with Crippen LogP contribution in [0, 0.1) is 3.57 Å². The summed E-state index contributed by atoms with van der Waals surface area (Å²) in [6.07, 6.45) is -6.51. The van der Waals surface area contributed by atoms with E-state index < -0.39 is 18.2 Å². The fraction of sp³-hybridized carbons (Fsp3) is 0.467. The second-order valence-electron chi connectivity index (χ2n) is 5.95. The topological polar surface area (TPSA) is 114 Å². The third-order valence-corrected chi connectivity index (χ3v) is 5.51. The molecule has 2 fully saturated rings. The Labute approximate surface area is 174 Å². The number of halogens is 5. The smallest absolute Gasteiger partial charge is 0.475 e. The van der Waals surface area contributed by atoms with E-state index in [1.807, 2.05) is 12.1 Å². The summed E-state index contributed by atoms with van der Waals surface area (Å²) < 4.78 is 49.5. The van der Waals surface area contributed by atoms with Crippen molar-refractivity contribution in [3.05, 3.63) is 20.7 Å². The van der Waals surface area contributed by atoms with E-state index in [1.165, 1.54) is 0 Å². The van der Waals surface area contributed by atoms with Crippen molar-refractivity contribution < 1.29 is 42.4 Å². The molecule has 2 aliphatic heterocycles. The zero-order chi connectivity index (χ0) is 20.6. The van der Waals surface area contributed by atoms with Gasteiger partial charge in [-0.15, -0.1) is 0 Å². The van der Waals surface area contributed by atoms with Gasteiger partial charge < -0.3 is 29.4 Å². The number of aromatic nitrogens is 2. The largest absolute Gasteiger partial charge is 0.490 e. The van der Waals surface area contributed by atoms with Gasteiger partial charge in [0.1, 0.15) is 18.3 Å². The number of carboxylic acid groups (broad SMARTS) is 1. The lowest BCUT2D eigenvalue weighted by Gasteiger charge is -2.15. The number of nitrogens with one attached hydrogen (secondary N) is 1. The molecule has 2 saturated heterocycles. The zero-order valence-electron chi connectivity index (χ0n) is 13.7.